The predicted octanol–water partition coefficient (Wildman–Crippen LogP) is 3.30. The van der Waals surface area contributed by atoms with E-state index in [1.165, 1.54) is 11.0 Å². The Morgan fingerprint density at radius 2 is 2.20 bits per heavy atom. The molecule has 1 aromatic carbocycles. The second-order valence-corrected chi connectivity index (χ2v) is 5.25. The first-order valence-electron chi connectivity index (χ1n) is 6.25. The van der Waals surface area contributed by atoms with Crippen molar-refractivity contribution in [3.8, 4) is 0 Å². The van der Waals surface area contributed by atoms with E-state index in [0.717, 1.165) is 5.56 Å². The van der Waals surface area contributed by atoms with Gasteiger partial charge in [0.25, 0.3) is 5.91 Å². The summed E-state index contributed by atoms with van der Waals surface area (Å²) in [6.07, 6.45) is 3.63. The Kier molecular flexibility index (Phi) is 3.18. The number of halogens is 2. The van der Waals surface area contributed by atoms with E-state index >= 15 is 0 Å². The molecule has 2 heterocycles. The molecule has 3 nitrogen and oxygen atoms in total. The fourth-order valence-electron chi connectivity index (χ4n) is 2.47. The van der Waals surface area contributed by atoms with Crippen LogP contribution in [0.1, 0.15) is 21.5 Å². The van der Waals surface area contributed by atoms with Crippen molar-refractivity contribution in [3.63, 3.8) is 0 Å². The first kappa shape index (κ1) is 13.1. The molecule has 1 unspecified atom stereocenters. The summed E-state index contributed by atoms with van der Waals surface area (Å²) in [5.41, 5.74) is 1.70. The molecule has 2 aromatic rings. The summed E-state index contributed by atoms with van der Waals surface area (Å²) in [7, 11) is 0. The van der Waals surface area contributed by atoms with Crippen LogP contribution in [-0.2, 0) is 6.42 Å². The van der Waals surface area contributed by atoms with Crippen LogP contribution in [0, 0.1) is 12.7 Å². The zero-order valence-corrected chi connectivity index (χ0v) is 11.6. The van der Waals surface area contributed by atoms with Crippen LogP contribution >= 0.6 is 11.6 Å². The maximum absolute atomic E-state index is 13.9. The van der Waals surface area contributed by atoms with Crippen molar-refractivity contribution in [3.05, 3.63) is 59.2 Å². The number of anilines is 1. The number of carbonyl (C=O) groups is 1. The molecular formula is C15H12ClFN2O. The molecule has 3 rings (SSSR count). The third-order valence-electron chi connectivity index (χ3n) is 3.47. The first-order chi connectivity index (χ1) is 9.59. The van der Waals surface area contributed by atoms with Gasteiger partial charge in [-0.2, -0.15) is 0 Å². The minimum absolute atomic E-state index is 0.104. The van der Waals surface area contributed by atoms with Crippen LogP contribution in [0.15, 0.2) is 36.7 Å². The standard InChI is InChI=1S/C15H12ClFN2O/c1-9-5-6-18-8-12(9)19-13(16)7-10-3-2-4-11(17)14(10)15(19)20/h2-6,8,13H,7H2,1H3. The summed E-state index contributed by atoms with van der Waals surface area (Å²) >= 11 is 6.32. The molecule has 0 fully saturated rings. The largest absolute Gasteiger partial charge is 0.289 e. The number of pyridine rings is 1. The number of nitrogens with zero attached hydrogens (tertiary/aromatic N) is 2. The van der Waals surface area contributed by atoms with Crippen LogP contribution in [-0.4, -0.2) is 16.4 Å². The lowest BCUT2D eigenvalue weighted by Gasteiger charge is -2.33. The van der Waals surface area contributed by atoms with Gasteiger partial charge in [-0.15, -0.1) is 0 Å². The van der Waals surface area contributed by atoms with Gasteiger partial charge in [0.1, 0.15) is 11.3 Å². The number of aromatic nitrogens is 1. The van der Waals surface area contributed by atoms with E-state index in [4.69, 9.17) is 11.6 Å². The summed E-state index contributed by atoms with van der Waals surface area (Å²) in [6.45, 7) is 1.87. The second kappa shape index (κ2) is 4.87. The van der Waals surface area contributed by atoms with E-state index in [-0.39, 0.29) is 5.56 Å². The second-order valence-electron chi connectivity index (χ2n) is 4.75. The van der Waals surface area contributed by atoms with Crippen molar-refractivity contribution < 1.29 is 9.18 Å². The van der Waals surface area contributed by atoms with Crippen LogP contribution in [0.4, 0.5) is 10.1 Å². The number of hydrogen-bond donors (Lipinski definition) is 0. The molecule has 0 saturated heterocycles. The van der Waals surface area contributed by atoms with Gasteiger partial charge < -0.3 is 0 Å². The molecule has 1 amide bonds. The number of benzene rings is 1. The van der Waals surface area contributed by atoms with Crippen molar-refractivity contribution in [2.75, 3.05) is 4.90 Å². The summed E-state index contributed by atoms with van der Waals surface area (Å²) in [6, 6.07) is 6.41. The molecule has 5 heteroatoms. The molecule has 1 atom stereocenters. The fraction of sp³-hybridized carbons (Fsp3) is 0.200. The highest BCUT2D eigenvalue weighted by Gasteiger charge is 2.34. The topological polar surface area (TPSA) is 33.2 Å². The minimum atomic E-state index is -0.542. The van der Waals surface area contributed by atoms with Crippen LogP contribution in [0.2, 0.25) is 0 Å². The van der Waals surface area contributed by atoms with Crippen LogP contribution in [0.5, 0.6) is 0 Å². The molecule has 0 saturated carbocycles. The number of amides is 1. The van der Waals surface area contributed by atoms with E-state index in [0.29, 0.717) is 17.7 Å². The highest BCUT2D eigenvalue weighted by Crippen LogP contribution is 2.32. The number of hydrogen-bond acceptors (Lipinski definition) is 2. The maximum Gasteiger partial charge on any atom is 0.262 e. The maximum atomic E-state index is 13.9. The molecule has 0 aliphatic carbocycles. The molecule has 0 N–H and O–H groups in total. The monoisotopic (exact) mass is 290 g/mol. The lowest BCUT2D eigenvalue weighted by atomic mass is 9.97. The van der Waals surface area contributed by atoms with Gasteiger partial charge in [-0.1, -0.05) is 23.7 Å². The van der Waals surface area contributed by atoms with Crippen molar-refractivity contribution in [1.82, 2.24) is 4.98 Å². The van der Waals surface area contributed by atoms with Crippen LogP contribution < -0.4 is 4.90 Å². The lowest BCUT2D eigenvalue weighted by molar-refractivity contribution is 0.0972. The third-order valence-corrected chi connectivity index (χ3v) is 3.82. The van der Waals surface area contributed by atoms with Gasteiger partial charge in [-0.3, -0.25) is 14.7 Å². The molecule has 102 valence electrons. The van der Waals surface area contributed by atoms with Crippen molar-refractivity contribution in [2.24, 2.45) is 0 Å². The van der Waals surface area contributed by atoms with E-state index in [2.05, 4.69) is 4.98 Å². The molecular weight excluding hydrogens is 279 g/mol. The Morgan fingerprint density at radius 3 is 2.95 bits per heavy atom. The Morgan fingerprint density at radius 1 is 1.40 bits per heavy atom. The third kappa shape index (κ3) is 1.96. The molecule has 0 radical (unpaired) electrons. The number of alkyl halides is 1. The van der Waals surface area contributed by atoms with Gasteiger partial charge in [0.2, 0.25) is 0 Å². The van der Waals surface area contributed by atoms with Crippen molar-refractivity contribution in [2.45, 2.75) is 18.8 Å². The molecule has 1 aliphatic heterocycles. The average molecular weight is 291 g/mol. The van der Waals surface area contributed by atoms with Crippen LogP contribution in [0.3, 0.4) is 0 Å². The number of rotatable bonds is 1. The molecule has 20 heavy (non-hydrogen) atoms. The Bertz CT molecular complexity index is 689. The van der Waals surface area contributed by atoms with Crippen molar-refractivity contribution >= 4 is 23.2 Å². The molecule has 1 aromatic heterocycles. The number of carbonyl (C=O) groups excluding carboxylic acids is 1. The smallest absolute Gasteiger partial charge is 0.262 e. The number of fused-ring (bicyclic) bond motifs is 1. The summed E-state index contributed by atoms with van der Waals surface area (Å²) in [5.74, 6) is -0.928. The van der Waals surface area contributed by atoms with Gasteiger partial charge >= 0.3 is 0 Å². The Labute approximate surface area is 121 Å². The SMILES string of the molecule is Cc1ccncc1N1C(=O)c2c(F)cccc2CC1Cl. The van der Waals surface area contributed by atoms with Gasteiger partial charge in [0, 0.05) is 12.6 Å². The zero-order chi connectivity index (χ0) is 14.3. The van der Waals surface area contributed by atoms with E-state index in [1.807, 2.05) is 6.92 Å². The van der Waals surface area contributed by atoms with E-state index in [1.54, 1.807) is 30.6 Å². The van der Waals surface area contributed by atoms with Gasteiger partial charge in [-0.05, 0) is 30.2 Å². The lowest BCUT2D eigenvalue weighted by Crippen LogP contribution is -2.44. The predicted molar refractivity (Wildman–Crippen MR) is 75.5 cm³/mol. The summed E-state index contributed by atoms with van der Waals surface area (Å²) in [4.78, 5) is 18.0. The Hall–Kier alpha value is -1.94. The first-order valence-corrected chi connectivity index (χ1v) is 6.69. The highest BCUT2D eigenvalue weighted by molar-refractivity contribution is 6.27. The van der Waals surface area contributed by atoms with Gasteiger partial charge in [0.05, 0.1) is 17.4 Å². The van der Waals surface area contributed by atoms with Crippen LogP contribution in [0.25, 0.3) is 0 Å². The number of aryl methyl sites for hydroxylation is 1. The van der Waals surface area contributed by atoms with E-state index < -0.39 is 17.2 Å². The molecule has 0 spiro atoms. The van der Waals surface area contributed by atoms with E-state index in [9.17, 15) is 9.18 Å². The summed E-state index contributed by atoms with van der Waals surface area (Å²) < 4.78 is 13.9. The average Bonchev–Trinajstić information content (AvgIpc) is 2.40. The van der Waals surface area contributed by atoms with Gasteiger partial charge in [-0.25, -0.2) is 4.39 Å². The summed E-state index contributed by atoms with van der Waals surface area (Å²) in [5, 5.41) is 0. The zero-order valence-electron chi connectivity index (χ0n) is 10.8. The molecule has 0 bridgehead atoms. The van der Waals surface area contributed by atoms with Crippen molar-refractivity contribution in [1.29, 1.82) is 0 Å². The Balaban J connectivity index is 2.13. The quantitative estimate of drug-likeness (QED) is 0.596. The normalized spacial score (nSPS) is 18.1. The highest BCUT2D eigenvalue weighted by atomic mass is 35.5. The van der Waals surface area contributed by atoms with Gasteiger partial charge in [0.15, 0.2) is 0 Å². The minimum Gasteiger partial charge on any atom is -0.289 e. The molecule has 1 aliphatic rings. The fourth-order valence-corrected chi connectivity index (χ4v) is 2.83.